The molecule has 1 aromatic heterocycles. The van der Waals surface area contributed by atoms with Crippen molar-refractivity contribution in [2.24, 2.45) is 5.10 Å². The smallest absolute Gasteiger partial charge is 0.203 e. The zero-order chi connectivity index (χ0) is 15.2. The second-order valence-corrected chi connectivity index (χ2v) is 6.18. The van der Waals surface area contributed by atoms with Crippen LogP contribution in [0.3, 0.4) is 0 Å². The number of nitrogens with one attached hydrogen (secondary N) is 1. The molecule has 0 radical (unpaired) electrons. The van der Waals surface area contributed by atoms with E-state index in [1.165, 1.54) is 4.88 Å². The molecule has 0 atom stereocenters. The lowest BCUT2D eigenvalue weighted by Crippen LogP contribution is -1.96. The number of hydrogen-bond donors (Lipinski definition) is 1. The van der Waals surface area contributed by atoms with E-state index in [4.69, 9.17) is 16.3 Å². The van der Waals surface area contributed by atoms with Gasteiger partial charge in [0.05, 0.1) is 23.5 Å². The first-order valence-electron chi connectivity index (χ1n) is 6.75. The van der Waals surface area contributed by atoms with Gasteiger partial charge in [-0.05, 0) is 44.0 Å². The van der Waals surface area contributed by atoms with E-state index in [1.807, 2.05) is 32.0 Å². The Kier molecular flexibility index (Phi) is 5.59. The van der Waals surface area contributed by atoms with Crippen LogP contribution in [-0.2, 0) is 0 Å². The van der Waals surface area contributed by atoms with Crippen molar-refractivity contribution in [3.8, 4) is 5.75 Å². The summed E-state index contributed by atoms with van der Waals surface area (Å²) in [7, 11) is 0. The van der Waals surface area contributed by atoms with Crippen LogP contribution >= 0.6 is 22.9 Å². The quantitative estimate of drug-likeness (QED) is 0.622. The topological polar surface area (TPSA) is 46.5 Å². The number of hydrogen-bond acceptors (Lipinski definition) is 5. The predicted octanol–water partition coefficient (Wildman–Crippen LogP) is 4.65. The largest absolute Gasteiger partial charge is 0.492 e. The molecule has 1 N–H and O–H groups in total. The fraction of sp³-hybridized carbons (Fsp3) is 0.333. The molecular formula is C15H18ClN3OS. The first kappa shape index (κ1) is 15.8. The maximum atomic E-state index is 6.17. The highest BCUT2D eigenvalue weighted by molar-refractivity contribution is 7.15. The molecule has 0 spiro atoms. The Bertz CT molecular complexity index is 620. The number of rotatable bonds is 6. The number of aromatic nitrogens is 1. The van der Waals surface area contributed by atoms with Crippen LogP contribution in [0, 0.1) is 13.8 Å². The standard InChI is InChI=1S/C15H18ClN3OS/c1-4-7-20-14-6-5-12(8-13(14)16)9-17-19-15-18-10(2)11(3)21-15/h5-6,8-9H,4,7H2,1-3H3,(H,18,19)/b17-9-. The van der Waals surface area contributed by atoms with Crippen LogP contribution in [-0.4, -0.2) is 17.8 Å². The Morgan fingerprint density at radius 2 is 2.24 bits per heavy atom. The van der Waals surface area contributed by atoms with E-state index in [1.54, 1.807) is 17.6 Å². The average molecular weight is 324 g/mol. The lowest BCUT2D eigenvalue weighted by Gasteiger charge is -2.06. The maximum absolute atomic E-state index is 6.17. The summed E-state index contributed by atoms with van der Waals surface area (Å²) in [6.45, 7) is 6.74. The highest BCUT2D eigenvalue weighted by Gasteiger charge is 2.03. The molecule has 0 fully saturated rings. The van der Waals surface area contributed by atoms with E-state index in [-0.39, 0.29) is 0 Å². The third-order valence-corrected chi connectivity index (χ3v) is 4.09. The molecule has 6 heteroatoms. The molecule has 1 heterocycles. The van der Waals surface area contributed by atoms with Crippen LogP contribution < -0.4 is 10.2 Å². The number of aryl methyl sites for hydroxylation is 2. The predicted molar refractivity (Wildman–Crippen MR) is 90.0 cm³/mol. The Balaban J connectivity index is 1.99. The lowest BCUT2D eigenvalue weighted by atomic mass is 10.2. The van der Waals surface area contributed by atoms with Gasteiger partial charge in [-0.1, -0.05) is 18.5 Å². The van der Waals surface area contributed by atoms with E-state index >= 15 is 0 Å². The van der Waals surface area contributed by atoms with Gasteiger partial charge in [0.2, 0.25) is 5.13 Å². The van der Waals surface area contributed by atoms with Crippen LogP contribution in [0.1, 0.15) is 29.5 Å². The number of benzene rings is 1. The Morgan fingerprint density at radius 1 is 1.43 bits per heavy atom. The number of thiazole rings is 1. The molecule has 112 valence electrons. The van der Waals surface area contributed by atoms with Gasteiger partial charge in [-0.2, -0.15) is 5.10 Å². The van der Waals surface area contributed by atoms with Gasteiger partial charge >= 0.3 is 0 Å². The van der Waals surface area contributed by atoms with Gasteiger partial charge < -0.3 is 4.74 Å². The zero-order valence-corrected chi connectivity index (χ0v) is 13.9. The van der Waals surface area contributed by atoms with Crippen LogP contribution in [0.15, 0.2) is 23.3 Å². The number of anilines is 1. The van der Waals surface area contributed by atoms with E-state index in [2.05, 4.69) is 22.4 Å². The normalized spacial score (nSPS) is 11.0. The number of nitrogens with zero attached hydrogens (tertiary/aromatic N) is 2. The van der Waals surface area contributed by atoms with Crippen molar-refractivity contribution in [1.82, 2.24) is 4.98 Å². The molecule has 4 nitrogen and oxygen atoms in total. The summed E-state index contributed by atoms with van der Waals surface area (Å²) in [6, 6.07) is 5.60. The highest BCUT2D eigenvalue weighted by Crippen LogP contribution is 2.25. The molecule has 0 saturated carbocycles. The van der Waals surface area contributed by atoms with Crippen molar-refractivity contribution < 1.29 is 4.74 Å². The van der Waals surface area contributed by atoms with Crippen LogP contribution in [0.25, 0.3) is 0 Å². The molecule has 0 unspecified atom stereocenters. The molecule has 0 bridgehead atoms. The highest BCUT2D eigenvalue weighted by atomic mass is 35.5. The van der Waals surface area contributed by atoms with Crippen LogP contribution in [0.4, 0.5) is 5.13 Å². The van der Waals surface area contributed by atoms with E-state index in [9.17, 15) is 0 Å². The van der Waals surface area contributed by atoms with Gasteiger partial charge in [0.25, 0.3) is 0 Å². The minimum Gasteiger partial charge on any atom is -0.492 e. The van der Waals surface area contributed by atoms with Gasteiger partial charge in [0.1, 0.15) is 5.75 Å². The lowest BCUT2D eigenvalue weighted by molar-refractivity contribution is 0.317. The molecule has 0 aliphatic heterocycles. The van der Waals surface area contributed by atoms with Gasteiger partial charge in [-0.3, -0.25) is 5.43 Å². The third kappa shape index (κ3) is 4.44. The summed E-state index contributed by atoms with van der Waals surface area (Å²) in [5.41, 5.74) is 4.86. The molecule has 21 heavy (non-hydrogen) atoms. The van der Waals surface area contributed by atoms with Crippen molar-refractivity contribution in [2.75, 3.05) is 12.0 Å². The Hall–Kier alpha value is -1.59. The molecular weight excluding hydrogens is 306 g/mol. The minimum absolute atomic E-state index is 0.591. The first-order chi connectivity index (χ1) is 10.1. The molecule has 0 saturated heterocycles. The fourth-order valence-electron chi connectivity index (χ4n) is 1.61. The zero-order valence-electron chi connectivity index (χ0n) is 12.3. The van der Waals surface area contributed by atoms with E-state index in [0.717, 1.165) is 22.8 Å². The summed E-state index contributed by atoms with van der Waals surface area (Å²) in [5.74, 6) is 0.704. The summed E-state index contributed by atoms with van der Waals surface area (Å²) < 4.78 is 5.53. The number of hydrazone groups is 1. The molecule has 1 aromatic carbocycles. The number of halogens is 1. The molecule has 2 aromatic rings. The third-order valence-electron chi connectivity index (χ3n) is 2.82. The molecule has 0 aliphatic rings. The Morgan fingerprint density at radius 3 is 2.86 bits per heavy atom. The van der Waals surface area contributed by atoms with Gasteiger partial charge in [0.15, 0.2) is 0 Å². The van der Waals surface area contributed by atoms with Crippen molar-refractivity contribution in [2.45, 2.75) is 27.2 Å². The SMILES string of the molecule is CCCOc1ccc(/C=N\Nc2nc(C)c(C)s2)cc1Cl. The summed E-state index contributed by atoms with van der Waals surface area (Å²) in [4.78, 5) is 5.54. The second kappa shape index (κ2) is 7.43. The first-order valence-corrected chi connectivity index (χ1v) is 7.95. The summed E-state index contributed by atoms with van der Waals surface area (Å²) in [5, 5.41) is 5.55. The van der Waals surface area contributed by atoms with E-state index < -0.39 is 0 Å². The van der Waals surface area contributed by atoms with Crippen LogP contribution in [0.2, 0.25) is 5.02 Å². The van der Waals surface area contributed by atoms with Crippen molar-refractivity contribution >= 4 is 34.3 Å². The monoisotopic (exact) mass is 323 g/mol. The van der Waals surface area contributed by atoms with Gasteiger partial charge in [-0.25, -0.2) is 4.98 Å². The molecule has 0 aliphatic carbocycles. The summed E-state index contributed by atoms with van der Waals surface area (Å²) >= 11 is 7.75. The Labute approximate surface area is 133 Å². The molecule has 2 rings (SSSR count). The van der Waals surface area contributed by atoms with E-state index in [0.29, 0.717) is 17.4 Å². The van der Waals surface area contributed by atoms with Gasteiger partial charge in [-0.15, -0.1) is 11.3 Å². The van der Waals surface area contributed by atoms with Crippen LogP contribution in [0.5, 0.6) is 5.75 Å². The summed E-state index contributed by atoms with van der Waals surface area (Å²) in [6.07, 6.45) is 2.66. The van der Waals surface area contributed by atoms with Crippen molar-refractivity contribution in [1.29, 1.82) is 0 Å². The average Bonchev–Trinajstić information content (AvgIpc) is 2.77. The van der Waals surface area contributed by atoms with Crippen molar-refractivity contribution in [3.05, 3.63) is 39.4 Å². The number of ether oxygens (including phenoxy) is 1. The minimum atomic E-state index is 0.591. The van der Waals surface area contributed by atoms with Gasteiger partial charge in [0, 0.05) is 4.88 Å². The maximum Gasteiger partial charge on any atom is 0.203 e. The second-order valence-electron chi connectivity index (χ2n) is 4.57. The molecule has 0 amide bonds. The fourth-order valence-corrected chi connectivity index (χ4v) is 2.62. The van der Waals surface area contributed by atoms with Crippen molar-refractivity contribution in [3.63, 3.8) is 0 Å².